The van der Waals surface area contributed by atoms with E-state index in [9.17, 15) is 0 Å². The highest BCUT2D eigenvalue weighted by molar-refractivity contribution is 6.07. The predicted molar refractivity (Wildman–Crippen MR) is 167 cm³/mol. The lowest BCUT2D eigenvalue weighted by Gasteiger charge is -2.60. The molecule has 3 aromatic rings. The molecule has 2 N–H and O–H groups in total. The average Bonchev–Trinajstić information content (AvgIpc) is 3.67. The number of allylic oxidation sites excluding steroid dienone is 3. The van der Waals surface area contributed by atoms with Crippen LogP contribution in [0.4, 0.5) is 0 Å². The first-order valence-electron chi connectivity index (χ1n) is 16.6. The summed E-state index contributed by atoms with van der Waals surface area (Å²) in [4.78, 5) is 11.9. The Morgan fingerprint density at radius 3 is 2.83 bits per heavy atom. The standard InChI is InChI=1S/C36H46N4O/c1-2-5-11-19-38-35-28-23-27(32-33-26(16-20-37-32)25-13-8-9-14-30(25)39-33)29-17-22-40(24-36(29,35)18-10-4-1)21-12-6-3-7-15-31-34(28)41-31/h1,4,7-9,13-16,20,27-29,31,34-35,38-39H,2-3,5-6,10-12,17-19,21-24H2/b4-1+,15-7-/t27?,28-,29+,31+,34-,35-,36+/m0/s1. The van der Waals surface area contributed by atoms with E-state index in [0.717, 1.165) is 13.0 Å². The number of H-pyrrole nitrogens is 1. The summed E-state index contributed by atoms with van der Waals surface area (Å²) in [6.45, 7) is 4.79. The molecule has 1 spiro atoms. The first-order valence-corrected chi connectivity index (χ1v) is 16.6. The van der Waals surface area contributed by atoms with Gasteiger partial charge in [-0.25, -0.2) is 0 Å². The summed E-state index contributed by atoms with van der Waals surface area (Å²) < 4.78 is 6.56. The van der Waals surface area contributed by atoms with Crippen LogP contribution in [0, 0.1) is 17.3 Å². The van der Waals surface area contributed by atoms with Crippen LogP contribution < -0.4 is 5.32 Å². The quantitative estimate of drug-likeness (QED) is 0.250. The molecule has 4 aliphatic heterocycles. The highest BCUT2D eigenvalue weighted by atomic mass is 16.6. The molecule has 5 aliphatic rings. The Bertz CT molecular complexity index is 1440. The predicted octanol–water partition coefficient (Wildman–Crippen LogP) is 7.11. The molecule has 8 rings (SSSR count). The summed E-state index contributed by atoms with van der Waals surface area (Å²) in [6, 6.07) is 11.5. The SMILES string of the molecule is C1=C\[C@H]2O[C@H]2[C@@H]2CC(c3nccc4c3[nH]c3ccccc34)[C@H]3CCN(CCCC/1)C[C@]31CC/C=C/CCCCN[C@@H]21. The van der Waals surface area contributed by atoms with Gasteiger partial charge in [-0.3, -0.25) is 4.98 Å². The fourth-order valence-corrected chi connectivity index (χ4v) is 9.54. The molecular weight excluding hydrogens is 504 g/mol. The first-order chi connectivity index (χ1) is 20.3. The van der Waals surface area contributed by atoms with Gasteiger partial charge in [0.05, 0.1) is 17.3 Å². The fraction of sp³-hybridized carbons (Fsp3) is 0.583. The lowest BCUT2D eigenvalue weighted by atomic mass is 9.50. The highest BCUT2D eigenvalue weighted by Gasteiger charge is 2.61. The normalized spacial score (nSPS) is 39.4. The number of ether oxygens (including phenoxy) is 1. The average molecular weight is 551 g/mol. The number of nitrogens with zero attached hydrogens (tertiary/aromatic N) is 2. The Kier molecular flexibility index (Phi) is 7.01. The number of rotatable bonds is 1. The lowest BCUT2D eigenvalue weighted by molar-refractivity contribution is -0.0780. The summed E-state index contributed by atoms with van der Waals surface area (Å²) in [5.41, 5.74) is 4.01. The van der Waals surface area contributed by atoms with Gasteiger partial charge in [0.2, 0.25) is 0 Å². The maximum atomic E-state index is 6.56. The summed E-state index contributed by atoms with van der Waals surface area (Å²) in [7, 11) is 0. The maximum absolute atomic E-state index is 6.56. The van der Waals surface area contributed by atoms with E-state index >= 15 is 0 Å². The van der Waals surface area contributed by atoms with Crippen LogP contribution in [0.1, 0.15) is 75.8 Å². The number of hydrogen-bond donors (Lipinski definition) is 2. The first kappa shape index (κ1) is 26.2. The molecule has 5 nitrogen and oxygen atoms in total. The van der Waals surface area contributed by atoms with Crippen LogP contribution in [0.2, 0.25) is 0 Å². The number of epoxide rings is 1. The van der Waals surface area contributed by atoms with Crippen LogP contribution in [0.25, 0.3) is 21.8 Å². The largest absolute Gasteiger partial charge is 0.365 e. The Balaban J connectivity index is 1.28. The van der Waals surface area contributed by atoms with Gasteiger partial charge in [-0.15, -0.1) is 0 Å². The number of piperidine rings is 1. The second-order valence-corrected chi connectivity index (χ2v) is 13.6. The smallest absolute Gasteiger partial charge is 0.103 e. The third-order valence-electron chi connectivity index (χ3n) is 11.4. The molecular formula is C36H46N4O. The van der Waals surface area contributed by atoms with Gasteiger partial charge in [0.15, 0.2) is 0 Å². The summed E-state index contributed by atoms with van der Waals surface area (Å²) in [5, 5.41) is 6.91. The summed E-state index contributed by atoms with van der Waals surface area (Å²) in [6.07, 6.45) is 24.8. The third-order valence-corrected chi connectivity index (χ3v) is 11.4. The molecule has 3 bridgehead atoms. The van der Waals surface area contributed by atoms with Gasteiger partial charge in [-0.1, -0.05) is 42.5 Å². The topological polar surface area (TPSA) is 56.5 Å². The zero-order valence-electron chi connectivity index (χ0n) is 24.4. The zero-order valence-corrected chi connectivity index (χ0v) is 24.4. The van der Waals surface area contributed by atoms with Crippen molar-refractivity contribution < 1.29 is 4.74 Å². The minimum absolute atomic E-state index is 0.213. The van der Waals surface area contributed by atoms with Gasteiger partial charge in [-0.05, 0) is 102 Å². The van der Waals surface area contributed by atoms with E-state index in [1.807, 2.05) is 0 Å². The van der Waals surface area contributed by atoms with E-state index in [1.54, 1.807) is 0 Å². The number of aromatic nitrogens is 2. The molecule has 1 saturated carbocycles. The van der Waals surface area contributed by atoms with E-state index < -0.39 is 0 Å². The van der Waals surface area contributed by atoms with Crippen molar-refractivity contribution in [1.82, 2.24) is 20.2 Å². The fourth-order valence-electron chi connectivity index (χ4n) is 9.54. The summed E-state index contributed by atoms with van der Waals surface area (Å²) >= 11 is 0. The molecule has 1 aromatic carbocycles. The van der Waals surface area contributed by atoms with Crippen molar-refractivity contribution in [1.29, 1.82) is 0 Å². The molecule has 0 amide bonds. The molecule has 0 radical (unpaired) electrons. The number of pyridine rings is 1. The molecule has 2 aromatic heterocycles. The van der Waals surface area contributed by atoms with Crippen molar-refractivity contribution in [3.8, 4) is 0 Å². The third kappa shape index (κ3) is 4.69. The molecule has 41 heavy (non-hydrogen) atoms. The van der Waals surface area contributed by atoms with Gasteiger partial charge in [0.1, 0.15) is 6.10 Å². The minimum atomic E-state index is 0.213. The molecule has 2 unspecified atom stereocenters. The summed E-state index contributed by atoms with van der Waals surface area (Å²) in [5.74, 6) is 1.55. The van der Waals surface area contributed by atoms with Gasteiger partial charge in [-0.2, -0.15) is 0 Å². The maximum Gasteiger partial charge on any atom is 0.103 e. The monoisotopic (exact) mass is 550 g/mol. The van der Waals surface area contributed by atoms with Crippen LogP contribution >= 0.6 is 0 Å². The second-order valence-electron chi connectivity index (χ2n) is 13.6. The second kappa shape index (κ2) is 11.0. The number of fused-ring (bicyclic) bond motifs is 6. The number of nitrogens with one attached hydrogen (secondary N) is 2. The van der Waals surface area contributed by atoms with Crippen LogP contribution in [0.15, 0.2) is 60.8 Å². The van der Waals surface area contributed by atoms with Crippen LogP contribution in [0.5, 0.6) is 0 Å². The Hall–Kier alpha value is -2.47. The van der Waals surface area contributed by atoms with Crippen molar-refractivity contribution in [3.05, 3.63) is 66.5 Å². The number of aromatic amines is 1. The molecule has 3 fully saturated rings. The van der Waals surface area contributed by atoms with Gasteiger partial charge in [0, 0.05) is 52.3 Å². The zero-order chi connectivity index (χ0) is 27.2. The number of hydrogen-bond acceptors (Lipinski definition) is 4. The van der Waals surface area contributed by atoms with Crippen molar-refractivity contribution in [3.63, 3.8) is 0 Å². The van der Waals surface area contributed by atoms with Crippen LogP contribution in [0.3, 0.4) is 0 Å². The molecule has 6 heterocycles. The van der Waals surface area contributed by atoms with Crippen LogP contribution in [-0.4, -0.2) is 59.3 Å². The van der Waals surface area contributed by atoms with Gasteiger partial charge < -0.3 is 19.9 Å². The van der Waals surface area contributed by atoms with E-state index in [1.165, 1.54) is 105 Å². The van der Waals surface area contributed by atoms with E-state index in [2.05, 4.69) is 76.0 Å². The number of benzene rings is 1. The van der Waals surface area contributed by atoms with E-state index in [0.29, 0.717) is 29.9 Å². The molecule has 8 atom stereocenters. The van der Waals surface area contributed by atoms with Crippen molar-refractivity contribution in [2.24, 2.45) is 17.3 Å². The van der Waals surface area contributed by atoms with E-state index in [-0.39, 0.29) is 11.5 Å². The van der Waals surface area contributed by atoms with E-state index in [4.69, 9.17) is 9.72 Å². The van der Waals surface area contributed by atoms with Crippen molar-refractivity contribution in [2.75, 3.05) is 26.2 Å². The molecule has 5 heteroatoms. The molecule has 2 saturated heterocycles. The molecule has 1 aliphatic carbocycles. The van der Waals surface area contributed by atoms with Crippen LogP contribution in [-0.2, 0) is 4.74 Å². The highest BCUT2D eigenvalue weighted by Crippen LogP contribution is 2.60. The van der Waals surface area contributed by atoms with Crippen molar-refractivity contribution in [2.45, 2.75) is 88.4 Å². The Morgan fingerprint density at radius 2 is 1.83 bits per heavy atom. The minimum Gasteiger partial charge on any atom is -0.365 e. The molecule has 216 valence electrons. The van der Waals surface area contributed by atoms with Crippen molar-refractivity contribution >= 4 is 21.8 Å². The van der Waals surface area contributed by atoms with Gasteiger partial charge in [0.25, 0.3) is 0 Å². The number of para-hydroxylation sites is 1. The van der Waals surface area contributed by atoms with Gasteiger partial charge >= 0.3 is 0 Å². The lowest BCUT2D eigenvalue weighted by Crippen LogP contribution is -2.66. The Labute approximate surface area is 244 Å². The Morgan fingerprint density at radius 1 is 0.927 bits per heavy atom.